The molecule has 3 heterocycles. The van der Waals surface area contributed by atoms with Gasteiger partial charge >= 0.3 is 0 Å². The molecule has 0 saturated carbocycles. The lowest BCUT2D eigenvalue weighted by atomic mass is 10.1. The van der Waals surface area contributed by atoms with Gasteiger partial charge in [-0.25, -0.2) is 15.0 Å². The molecule has 1 aliphatic heterocycles. The minimum Gasteiger partial charge on any atom is -0.383 e. The summed E-state index contributed by atoms with van der Waals surface area (Å²) in [5.74, 6) is 1.62. The maximum atomic E-state index is 6.02. The number of hydrogen-bond donors (Lipinski definition) is 1. The van der Waals surface area contributed by atoms with Gasteiger partial charge in [-0.05, 0) is 6.42 Å². The van der Waals surface area contributed by atoms with Crippen LogP contribution in [0.4, 0.5) is 16.8 Å². The Kier molecular flexibility index (Phi) is 4.19. The minimum atomic E-state index is 0.615. The first-order valence-corrected chi connectivity index (χ1v) is 8.16. The Labute approximate surface area is 128 Å². The largest absolute Gasteiger partial charge is 0.383 e. The molecule has 2 aromatic heterocycles. The van der Waals surface area contributed by atoms with E-state index in [1.807, 2.05) is 11.6 Å². The zero-order valence-corrected chi connectivity index (χ0v) is 13.0. The molecule has 21 heavy (non-hydrogen) atoms. The molecule has 6 nitrogen and oxygen atoms in total. The molecule has 0 aliphatic carbocycles. The lowest BCUT2D eigenvalue weighted by Crippen LogP contribution is -2.47. The van der Waals surface area contributed by atoms with E-state index in [9.17, 15) is 0 Å². The fraction of sp³-hybridized carbons (Fsp3) is 0.500. The molecule has 2 aromatic rings. The van der Waals surface area contributed by atoms with Crippen molar-refractivity contribution in [1.29, 1.82) is 0 Å². The van der Waals surface area contributed by atoms with Crippen LogP contribution in [0, 0.1) is 0 Å². The van der Waals surface area contributed by atoms with Crippen LogP contribution >= 0.6 is 11.3 Å². The first-order valence-electron chi connectivity index (χ1n) is 7.28. The van der Waals surface area contributed by atoms with E-state index in [2.05, 4.69) is 31.7 Å². The Bertz CT molecular complexity index is 577. The van der Waals surface area contributed by atoms with Gasteiger partial charge in [-0.15, -0.1) is 11.3 Å². The second-order valence-electron chi connectivity index (χ2n) is 5.10. The molecule has 7 heteroatoms. The number of anilines is 3. The molecule has 2 N–H and O–H groups in total. The Hall–Kier alpha value is -1.89. The summed E-state index contributed by atoms with van der Waals surface area (Å²) in [6, 6.07) is 0. The van der Waals surface area contributed by atoms with E-state index in [0.29, 0.717) is 5.82 Å². The quantitative estimate of drug-likeness (QED) is 0.928. The number of aromatic nitrogens is 3. The normalized spacial score (nSPS) is 15.5. The summed E-state index contributed by atoms with van der Waals surface area (Å²) in [4.78, 5) is 17.6. The highest BCUT2D eigenvalue weighted by molar-refractivity contribution is 7.13. The third kappa shape index (κ3) is 2.92. The summed E-state index contributed by atoms with van der Waals surface area (Å²) in [7, 11) is 0. The number of nitrogens with two attached hydrogens (primary N) is 1. The van der Waals surface area contributed by atoms with Crippen molar-refractivity contribution in [2.24, 2.45) is 0 Å². The molecule has 112 valence electrons. The highest BCUT2D eigenvalue weighted by Crippen LogP contribution is 2.26. The SMILES string of the molecule is CCCc1c(N)ncnc1N1CCN(c2nccs2)CC1. The Morgan fingerprint density at radius 1 is 1.14 bits per heavy atom. The van der Waals surface area contributed by atoms with Crippen molar-refractivity contribution in [2.75, 3.05) is 41.7 Å². The van der Waals surface area contributed by atoms with Crippen molar-refractivity contribution >= 4 is 28.1 Å². The lowest BCUT2D eigenvalue weighted by Gasteiger charge is -2.36. The van der Waals surface area contributed by atoms with Gasteiger partial charge in [-0.1, -0.05) is 13.3 Å². The van der Waals surface area contributed by atoms with Gasteiger partial charge in [0.1, 0.15) is 18.0 Å². The van der Waals surface area contributed by atoms with Crippen molar-refractivity contribution in [3.8, 4) is 0 Å². The van der Waals surface area contributed by atoms with Gasteiger partial charge in [0, 0.05) is 43.3 Å². The smallest absolute Gasteiger partial charge is 0.185 e. The van der Waals surface area contributed by atoms with Gasteiger partial charge in [0.2, 0.25) is 0 Å². The minimum absolute atomic E-state index is 0.615. The molecule has 0 aromatic carbocycles. The number of hydrogen-bond acceptors (Lipinski definition) is 7. The first-order chi connectivity index (χ1) is 10.3. The zero-order valence-electron chi connectivity index (χ0n) is 12.2. The summed E-state index contributed by atoms with van der Waals surface area (Å²) in [6.07, 6.45) is 5.40. The molecule has 0 atom stereocenters. The van der Waals surface area contributed by atoms with Crippen molar-refractivity contribution in [2.45, 2.75) is 19.8 Å². The molecular weight excluding hydrogens is 284 g/mol. The summed E-state index contributed by atoms with van der Waals surface area (Å²) < 4.78 is 0. The van der Waals surface area contributed by atoms with Crippen LogP contribution in [0.1, 0.15) is 18.9 Å². The molecule has 0 spiro atoms. The molecule has 0 amide bonds. The number of thiazole rings is 1. The van der Waals surface area contributed by atoms with Crippen LogP contribution in [0.2, 0.25) is 0 Å². The molecule has 0 unspecified atom stereocenters. The highest BCUT2D eigenvalue weighted by Gasteiger charge is 2.22. The average molecular weight is 304 g/mol. The highest BCUT2D eigenvalue weighted by atomic mass is 32.1. The van der Waals surface area contributed by atoms with Gasteiger partial charge < -0.3 is 15.5 Å². The van der Waals surface area contributed by atoms with Gasteiger partial charge in [-0.2, -0.15) is 0 Å². The predicted molar refractivity (Wildman–Crippen MR) is 87.0 cm³/mol. The van der Waals surface area contributed by atoms with Crippen LogP contribution in [0.25, 0.3) is 0 Å². The lowest BCUT2D eigenvalue weighted by molar-refractivity contribution is 0.642. The van der Waals surface area contributed by atoms with Gasteiger partial charge in [-0.3, -0.25) is 0 Å². The summed E-state index contributed by atoms with van der Waals surface area (Å²) in [5.41, 5.74) is 7.11. The summed E-state index contributed by atoms with van der Waals surface area (Å²) >= 11 is 1.69. The Balaban J connectivity index is 1.73. The van der Waals surface area contributed by atoms with E-state index < -0.39 is 0 Å². The van der Waals surface area contributed by atoms with Crippen molar-refractivity contribution in [3.05, 3.63) is 23.5 Å². The fourth-order valence-corrected chi connectivity index (χ4v) is 3.36. The van der Waals surface area contributed by atoms with Crippen LogP contribution in [-0.2, 0) is 6.42 Å². The maximum Gasteiger partial charge on any atom is 0.185 e. The van der Waals surface area contributed by atoms with Crippen molar-refractivity contribution < 1.29 is 0 Å². The van der Waals surface area contributed by atoms with E-state index in [-0.39, 0.29) is 0 Å². The van der Waals surface area contributed by atoms with Crippen LogP contribution in [-0.4, -0.2) is 41.1 Å². The van der Waals surface area contributed by atoms with Gasteiger partial charge in [0.25, 0.3) is 0 Å². The fourth-order valence-electron chi connectivity index (χ4n) is 2.66. The summed E-state index contributed by atoms with van der Waals surface area (Å²) in [6.45, 7) is 5.95. The average Bonchev–Trinajstić information content (AvgIpc) is 3.04. The van der Waals surface area contributed by atoms with E-state index in [1.165, 1.54) is 0 Å². The number of nitrogens with zero attached hydrogens (tertiary/aromatic N) is 5. The van der Waals surface area contributed by atoms with Gasteiger partial charge in [0.05, 0.1) is 0 Å². The third-order valence-corrected chi connectivity index (χ3v) is 4.56. The monoisotopic (exact) mass is 304 g/mol. The van der Waals surface area contributed by atoms with Crippen molar-refractivity contribution in [3.63, 3.8) is 0 Å². The molecular formula is C14H20N6S. The topological polar surface area (TPSA) is 71.2 Å². The second kappa shape index (κ2) is 6.26. The molecule has 3 rings (SSSR count). The number of rotatable bonds is 4. The van der Waals surface area contributed by atoms with Crippen molar-refractivity contribution in [1.82, 2.24) is 15.0 Å². The number of piperazine rings is 1. The third-order valence-electron chi connectivity index (χ3n) is 3.72. The zero-order chi connectivity index (χ0) is 14.7. The van der Waals surface area contributed by atoms with Crippen LogP contribution in [0.5, 0.6) is 0 Å². The van der Waals surface area contributed by atoms with Crippen LogP contribution < -0.4 is 15.5 Å². The molecule has 1 fully saturated rings. The Morgan fingerprint density at radius 3 is 2.57 bits per heavy atom. The van der Waals surface area contributed by atoms with E-state index in [1.54, 1.807) is 17.7 Å². The predicted octanol–water partition coefficient (Wildman–Crippen LogP) is 1.79. The standard InChI is InChI=1S/C14H20N6S/c1-2-3-11-12(15)17-10-18-13(11)19-5-7-20(8-6-19)14-16-4-9-21-14/h4,9-10H,2-3,5-8H2,1H3,(H2,15,17,18). The Morgan fingerprint density at radius 2 is 1.90 bits per heavy atom. The summed E-state index contributed by atoms with van der Waals surface area (Å²) in [5, 5.41) is 3.12. The molecule has 1 saturated heterocycles. The van der Waals surface area contributed by atoms with Crippen LogP contribution in [0.3, 0.4) is 0 Å². The molecule has 0 bridgehead atoms. The first kappa shape index (κ1) is 14.1. The van der Waals surface area contributed by atoms with Crippen LogP contribution in [0.15, 0.2) is 17.9 Å². The maximum absolute atomic E-state index is 6.02. The van der Waals surface area contributed by atoms with E-state index in [0.717, 1.165) is 55.5 Å². The van der Waals surface area contributed by atoms with Gasteiger partial charge in [0.15, 0.2) is 5.13 Å². The molecule has 0 radical (unpaired) electrons. The second-order valence-corrected chi connectivity index (χ2v) is 5.97. The van der Waals surface area contributed by atoms with E-state index in [4.69, 9.17) is 5.73 Å². The number of nitrogen functional groups attached to an aromatic ring is 1. The van der Waals surface area contributed by atoms with E-state index >= 15 is 0 Å². The molecule has 1 aliphatic rings.